The topological polar surface area (TPSA) is 95.4 Å². The van der Waals surface area contributed by atoms with E-state index in [1.807, 2.05) is 6.42 Å². The molecule has 1 fully saturated rings. The summed E-state index contributed by atoms with van der Waals surface area (Å²) in [4.78, 5) is 21.4. The van der Waals surface area contributed by atoms with Crippen LogP contribution in [0.25, 0.3) is 0 Å². The molecule has 0 aromatic carbocycles. The maximum Gasteiger partial charge on any atom is 0.246 e. The van der Waals surface area contributed by atoms with Gasteiger partial charge in [0.1, 0.15) is 6.10 Å². The zero-order valence-corrected chi connectivity index (χ0v) is 7.94. The Morgan fingerprint density at radius 1 is 1.43 bits per heavy atom. The third-order valence-corrected chi connectivity index (χ3v) is 2.29. The van der Waals surface area contributed by atoms with Gasteiger partial charge in [-0.05, 0) is 25.2 Å². The minimum Gasteiger partial charge on any atom is -0.370 e. The van der Waals surface area contributed by atoms with E-state index in [-0.39, 0.29) is 18.2 Å². The lowest BCUT2D eigenvalue weighted by Crippen LogP contribution is -2.37. The lowest BCUT2D eigenvalue weighted by molar-refractivity contribution is -0.133. The number of primary amides is 2. The average Bonchev–Trinajstić information content (AvgIpc) is 2.15. The van der Waals surface area contributed by atoms with Crippen molar-refractivity contribution in [2.45, 2.75) is 25.4 Å². The Balaban J connectivity index is 2.32. The first-order valence-corrected chi connectivity index (χ1v) is 4.62. The highest BCUT2D eigenvalue weighted by Crippen LogP contribution is 2.23. The minimum absolute atomic E-state index is 0.203. The Bertz CT molecular complexity index is 230. The van der Waals surface area contributed by atoms with Crippen molar-refractivity contribution in [3.05, 3.63) is 6.42 Å². The zero-order valence-electron chi connectivity index (χ0n) is 7.94. The van der Waals surface area contributed by atoms with Gasteiger partial charge in [0.05, 0.1) is 0 Å². The molecule has 5 heteroatoms. The number of carbonyl (C=O) groups is 2. The molecule has 1 unspecified atom stereocenters. The minimum atomic E-state index is -0.516. The van der Waals surface area contributed by atoms with E-state index in [2.05, 4.69) is 0 Å². The zero-order chi connectivity index (χ0) is 10.6. The molecule has 5 nitrogen and oxygen atoms in total. The van der Waals surface area contributed by atoms with Crippen LogP contribution in [-0.2, 0) is 14.3 Å². The summed E-state index contributed by atoms with van der Waals surface area (Å²) in [5.74, 6) is -0.594. The van der Waals surface area contributed by atoms with Crippen LogP contribution in [0.3, 0.4) is 0 Å². The molecule has 0 saturated carbocycles. The van der Waals surface area contributed by atoms with E-state index in [4.69, 9.17) is 16.2 Å². The Morgan fingerprint density at radius 2 is 2.14 bits per heavy atom. The molecule has 1 heterocycles. The molecule has 0 aromatic rings. The summed E-state index contributed by atoms with van der Waals surface area (Å²) in [7, 11) is 0. The molecule has 4 N–H and O–H groups in total. The van der Waals surface area contributed by atoms with Gasteiger partial charge >= 0.3 is 0 Å². The van der Waals surface area contributed by atoms with E-state index >= 15 is 0 Å². The van der Waals surface area contributed by atoms with Crippen molar-refractivity contribution in [3.8, 4) is 0 Å². The van der Waals surface area contributed by atoms with Crippen molar-refractivity contribution in [1.29, 1.82) is 0 Å². The van der Waals surface area contributed by atoms with Gasteiger partial charge in [-0.2, -0.15) is 0 Å². The number of hydrogen-bond donors (Lipinski definition) is 2. The van der Waals surface area contributed by atoms with Crippen LogP contribution in [0.5, 0.6) is 0 Å². The predicted molar refractivity (Wildman–Crippen MR) is 49.8 cm³/mol. The smallest absolute Gasteiger partial charge is 0.246 e. The monoisotopic (exact) mass is 199 g/mol. The summed E-state index contributed by atoms with van der Waals surface area (Å²) in [5, 5.41) is 0. The van der Waals surface area contributed by atoms with E-state index in [0.717, 1.165) is 6.42 Å². The van der Waals surface area contributed by atoms with Crippen molar-refractivity contribution in [3.63, 3.8) is 0 Å². The Morgan fingerprint density at radius 3 is 2.71 bits per heavy atom. The second kappa shape index (κ2) is 4.95. The summed E-state index contributed by atoms with van der Waals surface area (Å²) in [6.07, 6.45) is 2.94. The van der Waals surface area contributed by atoms with E-state index in [0.29, 0.717) is 13.0 Å². The van der Waals surface area contributed by atoms with Crippen molar-refractivity contribution in [2.75, 3.05) is 6.61 Å². The second-order valence-corrected chi connectivity index (χ2v) is 3.45. The summed E-state index contributed by atoms with van der Waals surface area (Å²) >= 11 is 0. The van der Waals surface area contributed by atoms with Gasteiger partial charge in [-0.3, -0.25) is 9.59 Å². The number of ether oxygens (including phenoxy) is 1. The van der Waals surface area contributed by atoms with Gasteiger partial charge in [-0.25, -0.2) is 0 Å². The summed E-state index contributed by atoms with van der Waals surface area (Å²) < 4.78 is 5.17. The highest BCUT2D eigenvalue weighted by atomic mass is 16.5. The van der Waals surface area contributed by atoms with Crippen LogP contribution in [0.15, 0.2) is 0 Å². The van der Waals surface area contributed by atoms with Crippen LogP contribution in [0.4, 0.5) is 0 Å². The van der Waals surface area contributed by atoms with Gasteiger partial charge in [0.2, 0.25) is 11.8 Å². The maximum atomic E-state index is 10.8. The third kappa shape index (κ3) is 3.33. The molecule has 1 radical (unpaired) electrons. The van der Waals surface area contributed by atoms with Gasteiger partial charge < -0.3 is 16.2 Å². The Labute approximate surface area is 82.8 Å². The fraction of sp³-hybridized carbons (Fsp3) is 0.667. The molecule has 1 rings (SSSR count). The first-order valence-electron chi connectivity index (χ1n) is 4.62. The molecule has 0 spiro atoms. The normalized spacial score (nSPS) is 27.1. The van der Waals surface area contributed by atoms with E-state index in [1.54, 1.807) is 0 Å². The number of rotatable bonds is 4. The molecule has 1 saturated heterocycles. The SMILES string of the molecule is NC(=O)C[CH]C1CCO[C@H](C(N)=O)C1. The van der Waals surface area contributed by atoms with Crippen molar-refractivity contribution in [2.24, 2.45) is 17.4 Å². The fourth-order valence-electron chi connectivity index (χ4n) is 1.52. The van der Waals surface area contributed by atoms with E-state index in [1.165, 1.54) is 0 Å². The summed E-state index contributed by atoms with van der Waals surface area (Å²) in [6, 6.07) is 0. The summed E-state index contributed by atoms with van der Waals surface area (Å²) in [6.45, 7) is 0.507. The Kier molecular flexibility index (Phi) is 3.88. The lowest BCUT2D eigenvalue weighted by atomic mass is 9.91. The molecule has 2 atom stereocenters. The van der Waals surface area contributed by atoms with Crippen LogP contribution < -0.4 is 11.5 Å². The number of carbonyl (C=O) groups excluding carboxylic acids is 2. The van der Waals surface area contributed by atoms with Crippen molar-refractivity contribution in [1.82, 2.24) is 0 Å². The first kappa shape index (κ1) is 11.0. The van der Waals surface area contributed by atoms with Crippen LogP contribution >= 0.6 is 0 Å². The van der Waals surface area contributed by atoms with Gasteiger partial charge in [0.25, 0.3) is 0 Å². The van der Waals surface area contributed by atoms with Crippen LogP contribution in [-0.4, -0.2) is 24.5 Å². The molecule has 0 aliphatic carbocycles. The average molecular weight is 199 g/mol. The lowest BCUT2D eigenvalue weighted by Gasteiger charge is -2.27. The molecular formula is C9H15N2O3. The Hall–Kier alpha value is -1.10. The van der Waals surface area contributed by atoms with Crippen molar-refractivity contribution < 1.29 is 14.3 Å². The van der Waals surface area contributed by atoms with Gasteiger partial charge in [0, 0.05) is 13.0 Å². The van der Waals surface area contributed by atoms with Gasteiger partial charge in [-0.15, -0.1) is 0 Å². The molecule has 79 valence electrons. The van der Waals surface area contributed by atoms with Crippen LogP contribution in [0.2, 0.25) is 0 Å². The highest BCUT2D eigenvalue weighted by molar-refractivity contribution is 5.79. The van der Waals surface area contributed by atoms with Gasteiger partial charge in [-0.1, -0.05) is 0 Å². The second-order valence-electron chi connectivity index (χ2n) is 3.45. The quantitative estimate of drug-likeness (QED) is 0.629. The fourth-order valence-corrected chi connectivity index (χ4v) is 1.52. The standard InChI is InChI=1S/C9H15N2O3/c10-8(12)2-1-6-3-4-14-7(5-6)9(11)13/h1,6-7H,2-5H2,(H2,10,12)(H2,11,13)/t6?,7-/m0/s1. The molecule has 1 aliphatic heterocycles. The largest absolute Gasteiger partial charge is 0.370 e. The molecular weight excluding hydrogens is 184 g/mol. The van der Waals surface area contributed by atoms with E-state index < -0.39 is 12.0 Å². The molecule has 0 bridgehead atoms. The maximum absolute atomic E-state index is 10.8. The number of nitrogens with two attached hydrogens (primary N) is 2. The molecule has 14 heavy (non-hydrogen) atoms. The van der Waals surface area contributed by atoms with Crippen LogP contribution in [0.1, 0.15) is 19.3 Å². The van der Waals surface area contributed by atoms with Crippen molar-refractivity contribution >= 4 is 11.8 Å². The third-order valence-electron chi connectivity index (χ3n) is 2.29. The van der Waals surface area contributed by atoms with Crippen LogP contribution in [0, 0.1) is 12.3 Å². The van der Waals surface area contributed by atoms with Gasteiger partial charge in [0.15, 0.2) is 0 Å². The first-order chi connectivity index (χ1) is 6.59. The molecule has 1 aliphatic rings. The number of amides is 2. The van der Waals surface area contributed by atoms with E-state index in [9.17, 15) is 9.59 Å². The summed E-state index contributed by atoms with van der Waals surface area (Å²) in [5.41, 5.74) is 10.1. The molecule has 2 amide bonds. The molecule has 0 aromatic heterocycles. The predicted octanol–water partition coefficient (Wildman–Crippen LogP) is -0.653. The number of hydrogen-bond acceptors (Lipinski definition) is 3. The highest BCUT2D eigenvalue weighted by Gasteiger charge is 2.26.